The number of amides is 1. The molecule has 0 aromatic heterocycles. The Bertz CT molecular complexity index is 1460. The van der Waals surface area contributed by atoms with Crippen molar-refractivity contribution in [3.8, 4) is 11.5 Å². The largest absolute Gasteiger partial charge is 0.497 e. The fraction of sp³-hybridized carbons (Fsp3) is 0.240. The number of hydrogen-bond donors (Lipinski definition) is 1. The molecule has 196 valence electrons. The minimum atomic E-state index is -4.12. The monoisotopic (exact) mass is 545 g/mol. The second-order valence-electron chi connectivity index (χ2n) is 8.18. The number of carbonyl (C=O) groups excluding carboxylic acids is 1. The smallest absolute Gasteiger partial charge is 0.244 e. The molecule has 1 fully saturated rings. The van der Waals surface area contributed by atoms with Crippen molar-refractivity contribution in [2.45, 2.75) is 15.8 Å². The van der Waals surface area contributed by atoms with Crippen LogP contribution >= 0.6 is 0 Å². The first-order valence-corrected chi connectivity index (χ1v) is 14.2. The van der Waals surface area contributed by atoms with Crippen molar-refractivity contribution in [1.29, 1.82) is 0 Å². The number of nitrogens with one attached hydrogen (secondary N) is 1. The topological polar surface area (TPSA) is 122 Å². The minimum Gasteiger partial charge on any atom is -0.497 e. The van der Waals surface area contributed by atoms with E-state index in [4.69, 9.17) is 9.47 Å². The summed E-state index contributed by atoms with van der Waals surface area (Å²) in [6.45, 7) is -0.701. The summed E-state index contributed by atoms with van der Waals surface area (Å²) >= 11 is 0. The third-order valence-corrected chi connectivity index (χ3v) is 9.79. The molecule has 0 saturated carbocycles. The number of methoxy groups -OCH3 is 2. The van der Waals surface area contributed by atoms with Crippen molar-refractivity contribution in [3.63, 3.8) is 0 Å². The molecular formula is C25H27N3O7S2. The highest BCUT2D eigenvalue weighted by Gasteiger charge is 2.43. The number of piperazine rings is 1. The van der Waals surface area contributed by atoms with E-state index < -0.39 is 32.0 Å². The number of hydrogen-bond acceptors (Lipinski definition) is 7. The van der Waals surface area contributed by atoms with E-state index in [2.05, 4.69) is 5.32 Å². The maximum atomic E-state index is 13.6. The quantitative estimate of drug-likeness (QED) is 0.461. The van der Waals surface area contributed by atoms with Gasteiger partial charge in [0.05, 0.1) is 29.7 Å². The molecule has 0 bridgehead atoms. The fourth-order valence-electron chi connectivity index (χ4n) is 4.06. The Morgan fingerprint density at radius 1 is 0.811 bits per heavy atom. The molecule has 0 aliphatic carbocycles. The van der Waals surface area contributed by atoms with E-state index in [1.54, 1.807) is 48.5 Å². The number of ether oxygens (including phenoxy) is 2. The zero-order chi connectivity index (χ0) is 26.6. The summed E-state index contributed by atoms with van der Waals surface area (Å²) in [5.74, 6) is 0.0667. The van der Waals surface area contributed by atoms with Crippen LogP contribution in [0, 0.1) is 0 Å². The lowest BCUT2D eigenvalue weighted by Crippen LogP contribution is -2.60. The van der Waals surface area contributed by atoms with E-state index in [0.717, 1.165) is 8.61 Å². The van der Waals surface area contributed by atoms with Gasteiger partial charge in [0.15, 0.2) is 0 Å². The standard InChI is InChI=1S/C25H27N3O7S2/c1-34-19-13-14-24(35-2)22(17-19)26-25(29)23-18-27(36(30,31)20-9-5-3-6-10-20)15-16-28(23)37(32,33)21-11-7-4-8-12-21/h3-14,17,23H,15-16,18H2,1-2H3,(H,26,29). The van der Waals surface area contributed by atoms with Crippen LogP contribution in [0.4, 0.5) is 5.69 Å². The van der Waals surface area contributed by atoms with Crippen molar-refractivity contribution >= 4 is 31.6 Å². The van der Waals surface area contributed by atoms with Gasteiger partial charge in [0.2, 0.25) is 26.0 Å². The van der Waals surface area contributed by atoms with Crippen molar-refractivity contribution < 1.29 is 31.1 Å². The molecule has 1 atom stereocenters. The first-order valence-electron chi connectivity index (χ1n) is 11.3. The second kappa shape index (κ2) is 10.9. The van der Waals surface area contributed by atoms with Gasteiger partial charge >= 0.3 is 0 Å². The molecule has 1 aliphatic rings. The van der Waals surface area contributed by atoms with Gasteiger partial charge in [0.1, 0.15) is 17.5 Å². The molecule has 3 aromatic rings. The highest BCUT2D eigenvalue weighted by Crippen LogP contribution is 2.31. The molecule has 1 heterocycles. The van der Waals surface area contributed by atoms with E-state index in [0.29, 0.717) is 11.5 Å². The number of nitrogens with zero attached hydrogens (tertiary/aromatic N) is 2. The number of anilines is 1. The Balaban J connectivity index is 1.72. The van der Waals surface area contributed by atoms with Crippen LogP contribution in [-0.4, -0.2) is 71.2 Å². The average molecular weight is 546 g/mol. The summed E-state index contributed by atoms with van der Waals surface area (Å²) < 4.78 is 66.4. The van der Waals surface area contributed by atoms with Crippen molar-refractivity contribution in [2.24, 2.45) is 0 Å². The van der Waals surface area contributed by atoms with E-state index in [1.165, 1.54) is 44.6 Å². The van der Waals surface area contributed by atoms with E-state index in [9.17, 15) is 21.6 Å². The van der Waals surface area contributed by atoms with Gasteiger partial charge in [-0.25, -0.2) is 16.8 Å². The van der Waals surface area contributed by atoms with Crippen molar-refractivity contribution in [1.82, 2.24) is 8.61 Å². The first-order chi connectivity index (χ1) is 17.7. The molecule has 3 aromatic carbocycles. The van der Waals surface area contributed by atoms with Gasteiger partial charge in [0, 0.05) is 25.7 Å². The first kappa shape index (κ1) is 26.6. The summed E-state index contributed by atoms with van der Waals surface area (Å²) in [5.41, 5.74) is 0.256. The molecule has 0 spiro atoms. The molecule has 1 aliphatic heterocycles. The molecule has 1 N–H and O–H groups in total. The average Bonchev–Trinajstić information content (AvgIpc) is 2.93. The predicted molar refractivity (Wildman–Crippen MR) is 137 cm³/mol. The third-order valence-electron chi connectivity index (χ3n) is 5.99. The summed E-state index contributed by atoms with van der Waals surface area (Å²) in [7, 11) is -5.19. The summed E-state index contributed by atoms with van der Waals surface area (Å²) in [6.07, 6.45) is 0. The number of benzene rings is 3. The lowest BCUT2D eigenvalue weighted by Gasteiger charge is -2.39. The Hall–Kier alpha value is -3.45. The van der Waals surface area contributed by atoms with Gasteiger partial charge in [-0.15, -0.1) is 0 Å². The zero-order valence-electron chi connectivity index (χ0n) is 20.3. The SMILES string of the molecule is COc1ccc(OC)c(NC(=O)C2CN(S(=O)(=O)c3ccccc3)CCN2S(=O)(=O)c2ccccc2)c1. The molecule has 1 saturated heterocycles. The van der Waals surface area contributed by atoms with Gasteiger partial charge in [0.25, 0.3) is 0 Å². The normalized spacial score (nSPS) is 17.2. The van der Waals surface area contributed by atoms with Crippen LogP contribution < -0.4 is 14.8 Å². The highest BCUT2D eigenvalue weighted by molar-refractivity contribution is 7.89. The predicted octanol–water partition coefficient (Wildman–Crippen LogP) is 2.41. The second-order valence-corrected chi connectivity index (χ2v) is 12.0. The van der Waals surface area contributed by atoms with Gasteiger partial charge in [-0.3, -0.25) is 4.79 Å². The molecule has 1 unspecified atom stereocenters. The molecule has 1 amide bonds. The lowest BCUT2D eigenvalue weighted by molar-refractivity contribution is -0.120. The molecule has 37 heavy (non-hydrogen) atoms. The molecule has 12 heteroatoms. The molecule has 0 radical (unpaired) electrons. The van der Waals surface area contributed by atoms with E-state index >= 15 is 0 Å². The van der Waals surface area contributed by atoms with Crippen molar-refractivity contribution in [3.05, 3.63) is 78.9 Å². The number of carbonyl (C=O) groups is 1. The number of rotatable bonds is 8. The Labute approximate surface area is 216 Å². The van der Waals surface area contributed by atoms with Crippen LogP contribution in [-0.2, 0) is 24.8 Å². The Kier molecular flexibility index (Phi) is 7.83. The zero-order valence-corrected chi connectivity index (χ0v) is 21.9. The Morgan fingerprint density at radius 3 is 1.97 bits per heavy atom. The molecule has 10 nitrogen and oxygen atoms in total. The summed E-state index contributed by atoms with van der Waals surface area (Å²) in [6, 6.07) is 19.0. The van der Waals surface area contributed by atoms with E-state index in [-0.39, 0.29) is 35.1 Å². The van der Waals surface area contributed by atoms with E-state index in [1.807, 2.05) is 0 Å². The molecular weight excluding hydrogens is 518 g/mol. The Morgan fingerprint density at radius 2 is 1.41 bits per heavy atom. The summed E-state index contributed by atoms with van der Waals surface area (Å²) in [4.78, 5) is 13.7. The molecule has 4 rings (SSSR count). The van der Waals surface area contributed by atoms with Crippen LogP contribution in [0.3, 0.4) is 0 Å². The number of sulfonamides is 2. The van der Waals surface area contributed by atoms with Crippen LogP contribution in [0.15, 0.2) is 88.7 Å². The summed E-state index contributed by atoms with van der Waals surface area (Å²) in [5, 5.41) is 2.70. The van der Waals surface area contributed by atoms with Crippen molar-refractivity contribution in [2.75, 3.05) is 39.2 Å². The highest BCUT2D eigenvalue weighted by atomic mass is 32.2. The fourth-order valence-corrected chi connectivity index (χ4v) is 7.11. The maximum absolute atomic E-state index is 13.6. The van der Waals surface area contributed by atoms with Gasteiger partial charge < -0.3 is 14.8 Å². The third kappa shape index (κ3) is 5.47. The lowest BCUT2D eigenvalue weighted by atomic mass is 10.2. The van der Waals surface area contributed by atoms with Gasteiger partial charge in [-0.05, 0) is 36.4 Å². The van der Waals surface area contributed by atoms with Gasteiger partial charge in [-0.2, -0.15) is 8.61 Å². The van der Waals surface area contributed by atoms with Crippen LogP contribution in [0.25, 0.3) is 0 Å². The minimum absolute atomic E-state index is 0.00567. The van der Waals surface area contributed by atoms with Gasteiger partial charge in [-0.1, -0.05) is 36.4 Å². The van der Waals surface area contributed by atoms with Crippen LogP contribution in [0.2, 0.25) is 0 Å². The van der Waals surface area contributed by atoms with Crippen LogP contribution in [0.5, 0.6) is 11.5 Å². The van der Waals surface area contributed by atoms with Crippen LogP contribution in [0.1, 0.15) is 0 Å². The maximum Gasteiger partial charge on any atom is 0.244 e.